The number of nitrogens with one attached hydrogen (secondary N) is 3. The van der Waals surface area contributed by atoms with Crippen LogP contribution in [-0.2, 0) is 11.2 Å². The quantitative estimate of drug-likeness (QED) is 0.323. The van der Waals surface area contributed by atoms with E-state index < -0.39 is 5.91 Å². The van der Waals surface area contributed by atoms with E-state index in [-0.39, 0.29) is 12.0 Å². The van der Waals surface area contributed by atoms with Crippen LogP contribution in [0.4, 0.5) is 5.82 Å². The lowest BCUT2D eigenvalue weighted by molar-refractivity contribution is -0.127. The number of carbonyl (C=O) groups is 1. The summed E-state index contributed by atoms with van der Waals surface area (Å²) in [6.45, 7) is -0.105. The van der Waals surface area contributed by atoms with Gasteiger partial charge in [-0.3, -0.25) is 19.2 Å². The molecule has 7 nitrogen and oxygen atoms in total. The van der Waals surface area contributed by atoms with E-state index in [1.807, 2.05) is 52.9 Å². The van der Waals surface area contributed by atoms with Gasteiger partial charge in [-0.25, -0.2) is 5.48 Å². The molecule has 2 heterocycles. The van der Waals surface area contributed by atoms with Crippen LogP contribution in [0, 0.1) is 0 Å². The largest absolute Gasteiger partial charge is 0.361 e. The van der Waals surface area contributed by atoms with Gasteiger partial charge < -0.3 is 10.3 Å². The number of pyridine rings is 1. The van der Waals surface area contributed by atoms with E-state index in [2.05, 4.69) is 10.3 Å². The fourth-order valence-corrected chi connectivity index (χ4v) is 3.27. The van der Waals surface area contributed by atoms with Gasteiger partial charge >= 0.3 is 0 Å². The highest BCUT2D eigenvalue weighted by Gasteiger charge is 2.16. The fraction of sp³-hybridized carbons (Fsp3) is 0.100. The number of imidazole rings is 1. The Bertz CT molecular complexity index is 1180. The molecule has 4 aromatic rings. The van der Waals surface area contributed by atoms with Crippen molar-refractivity contribution in [3.8, 4) is 0 Å². The molecule has 0 aliphatic heterocycles. The third-order valence-electron chi connectivity index (χ3n) is 4.47. The minimum absolute atomic E-state index is 0.0715. The molecule has 0 fully saturated rings. The monoisotopic (exact) mass is 362 g/mol. The van der Waals surface area contributed by atoms with Crippen molar-refractivity contribution in [2.75, 3.05) is 11.9 Å². The van der Waals surface area contributed by atoms with E-state index in [4.69, 9.17) is 5.21 Å². The summed E-state index contributed by atoms with van der Waals surface area (Å²) in [4.78, 5) is 27.3. The van der Waals surface area contributed by atoms with Crippen LogP contribution in [0.1, 0.15) is 11.3 Å². The molecule has 2 aromatic heterocycles. The van der Waals surface area contributed by atoms with Gasteiger partial charge in [-0.1, -0.05) is 42.5 Å². The van der Waals surface area contributed by atoms with Gasteiger partial charge in [-0.2, -0.15) is 0 Å². The van der Waals surface area contributed by atoms with Crippen LogP contribution in [0.3, 0.4) is 0 Å². The van der Waals surface area contributed by atoms with Gasteiger partial charge in [0.1, 0.15) is 11.5 Å². The van der Waals surface area contributed by atoms with E-state index in [9.17, 15) is 9.59 Å². The summed E-state index contributed by atoms with van der Waals surface area (Å²) in [5, 5.41) is 12.5. The minimum atomic E-state index is -0.555. The Hall–Kier alpha value is -3.58. The Morgan fingerprint density at radius 1 is 1.07 bits per heavy atom. The standard InChI is InChI=1S/C20H18N4O3/c25-17-11-18-22-15(10-13-6-2-1-3-7-13)20(21-12-19(26)23-27)24(18)16-9-5-4-8-14(16)17/h1-9,11,21-22,27H,10,12H2,(H,23,26). The van der Waals surface area contributed by atoms with Crippen molar-refractivity contribution in [3.63, 3.8) is 0 Å². The molecule has 0 unspecified atom stereocenters. The number of aromatic nitrogens is 2. The highest BCUT2D eigenvalue weighted by molar-refractivity contribution is 5.85. The Morgan fingerprint density at radius 3 is 2.59 bits per heavy atom. The topological polar surface area (TPSA) is 98.6 Å². The summed E-state index contributed by atoms with van der Waals surface area (Å²) in [7, 11) is 0. The number of carbonyl (C=O) groups excluding carboxylic acids is 1. The first-order valence-corrected chi connectivity index (χ1v) is 8.53. The summed E-state index contributed by atoms with van der Waals surface area (Å²) < 4.78 is 1.89. The number of hydroxylamine groups is 1. The molecule has 0 bridgehead atoms. The maximum atomic E-state index is 12.4. The van der Waals surface area contributed by atoms with Crippen LogP contribution in [0.5, 0.6) is 0 Å². The number of anilines is 1. The van der Waals surface area contributed by atoms with E-state index in [0.717, 1.165) is 16.8 Å². The number of nitrogens with zero attached hydrogens (tertiary/aromatic N) is 1. The second-order valence-electron chi connectivity index (χ2n) is 6.25. The molecule has 136 valence electrons. The normalized spacial score (nSPS) is 11.0. The smallest absolute Gasteiger partial charge is 0.262 e. The van der Waals surface area contributed by atoms with Crippen LogP contribution in [0.2, 0.25) is 0 Å². The number of para-hydroxylation sites is 1. The second kappa shape index (κ2) is 6.97. The Morgan fingerprint density at radius 2 is 1.81 bits per heavy atom. The van der Waals surface area contributed by atoms with Gasteiger partial charge in [-0.05, 0) is 17.7 Å². The number of hydrogen-bond acceptors (Lipinski definition) is 4. The Labute approximate surface area is 154 Å². The molecular formula is C20H18N4O3. The Kier molecular flexibility index (Phi) is 4.35. The molecule has 0 spiro atoms. The summed E-state index contributed by atoms with van der Waals surface area (Å²) in [6, 6.07) is 18.8. The number of H-pyrrole nitrogens is 1. The van der Waals surface area contributed by atoms with Gasteiger partial charge in [-0.15, -0.1) is 0 Å². The van der Waals surface area contributed by atoms with Crippen LogP contribution >= 0.6 is 0 Å². The molecule has 0 atom stereocenters. The average molecular weight is 362 g/mol. The summed E-state index contributed by atoms with van der Waals surface area (Å²) in [5.41, 5.74) is 4.85. The van der Waals surface area contributed by atoms with Crippen molar-refractivity contribution >= 4 is 28.3 Å². The van der Waals surface area contributed by atoms with Crippen molar-refractivity contribution in [2.24, 2.45) is 0 Å². The highest BCUT2D eigenvalue weighted by Crippen LogP contribution is 2.24. The van der Waals surface area contributed by atoms with E-state index in [1.165, 1.54) is 0 Å². The number of fused-ring (bicyclic) bond motifs is 3. The van der Waals surface area contributed by atoms with Gasteiger partial charge in [0.25, 0.3) is 5.91 Å². The van der Waals surface area contributed by atoms with Crippen LogP contribution in [0.15, 0.2) is 65.5 Å². The van der Waals surface area contributed by atoms with E-state index in [0.29, 0.717) is 23.3 Å². The maximum absolute atomic E-state index is 12.4. The van der Waals surface area contributed by atoms with Crippen molar-refractivity contribution < 1.29 is 10.0 Å². The van der Waals surface area contributed by atoms with Crippen molar-refractivity contribution in [2.45, 2.75) is 6.42 Å². The van der Waals surface area contributed by atoms with Gasteiger partial charge in [0.15, 0.2) is 5.43 Å². The van der Waals surface area contributed by atoms with Gasteiger partial charge in [0, 0.05) is 17.9 Å². The lowest BCUT2D eigenvalue weighted by Crippen LogP contribution is -2.27. The number of rotatable bonds is 5. The molecule has 4 N–H and O–H groups in total. The Balaban J connectivity index is 1.91. The minimum Gasteiger partial charge on any atom is -0.361 e. The molecule has 0 saturated carbocycles. The van der Waals surface area contributed by atoms with Crippen molar-refractivity contribution in [1.29, 1.82) is 0 Å². The van der Waals surface area contributed by atoms with Crippen LogP contribution < -0.4 is 16.2 Å². The molecule has 0 aliphatic carbocycles. The summed E-state index contributed by atoms with van der Waals surface area (Å²) >= 11 is 0. The SMILES string of the molecule is O=C(CNc1c(Cc2ccccc2)[nH]c2cc(=O)c3ccccc3n12)NO. The highest BCUT2D eigenvalue weighted by atomic mass is 16.5. The molecule has 27 heavy (non-hydrogen) atoms. The van der Waals surface area contributed by atoms with Crippen LogP contribution in [0.25, 0.3) is 16.6 Å². The van der Waals surface area contributed by atoms with Crippen molar-refractivity contribution in [1.82, 2.24) is 14.9 Å². The lowest BCUT2D eigenvalue weighted by atomic mass is 10.1. The average Bonchev–Trinajstić information content (AvgIpc) is 3.04. The number of hydrogen-bond donors (Lipinski definition) is 4. The fourth-order valence-electron chi connectivity index (χ4n) is 3.27. The molecule has 4 rings (SSSR count). The zero-order valence-corrected chi connectivity index (χ0v) is 14.4. The molecule has 0 radical (unpaired) electrons. The molecule has 0 aliphatic rings. The number of aromatic amines is 1. The zero-order valence-electron chi connectivity index (χ0n) is 14.4. The summed E-state index contributed by atoms with van der Waals surface area (Å²) in [6.07, 6.45) is 0.591. The predicted molar refractivity (Wildman–Crippen MR) is 103 cm³/mol. The zero-order chi connectivity index (χ0) is 18.8. The molecule has 1 amide bonds. The predicted octanol–water partition coefficient (Wildman–Crippen LogP) is 2.29. The second-order valence-corrected chi connectivity index (χ2v) is 6.25. The lowest BCUT2D eigenvalue weighted by Gasteiger charge is -2.10. The first-order valence-electron chi connectivity index (χ1n) is 8.53. The van der Waals surface area contributed by atoms with E-state index in [1.54, 1.807) is 17.6 Å². The third kappa shape index (κ3) is 3.16. The first kappa shape index (κ1) is 16.9. The molecular weight excluding hydrogens is 344 g/mol. The van der Waals surface area contributed by atoms with E-state index >= 15 is 0 Å². The molecule has 0 saturated heterocycles. The summed E-state index contributed by atoms with van der Waals surface area (Å²) in [5.74, 6) is 0.119. The van der Waals surface area contributed by atoms with Gasteiger partial charge in [0.05, 0.1) is 17.8 Å². The first-order chi connectivity index (χ1) is 13.2. The van der Waals surface area contributed by atoms with Crippen LogP contribution in [-0.4, -0.2) is 27.0 Å². The number of amides is 1. The third-order valence-corrected chi connectivity index (χ3v) is 4.47. The molecule has 2 aromatic carbocycles. The molecule has 7 heteroatoms. The number of benzene rings is 2. The maximum Gasteiger partial charge on any atom is 0.262 e. The van der Waals surface area contributed by atoms with Crippen molar-refractivity contribution in [3.05, 3.63) is 82.1 Å². The van der Waals surface area contributed by atoms with Gasteiger partial charge in [0.2, 0.25) is 0 Å².